The van der Waals surface area contributed by atoms with Crippen LogP contribution in [0.4, 0.5) is 9.59 Å². The Balaban J connectivity index is 0.925. The molecule has 2 aromatic carbocycles. The smallest absolute Gasteiger partial charge is 0.411 e. The van der Waals surface area contributed by atoms with Crippen LogP contribution in [0.5, 0.6) is 0 Å². The molecular weight excluding hydrogens is 628 g/mol. The number of likely N-dealkylation sites (tertiary alicyclic amines) is 2. The number of carbonyl (C=O) groups excluding carboxylic acids is 2. The number of imidazole rings is 2. The SMILES string of the molecule is CC(C)(C)OC(=O)N1C2CC2C[C@H]1c1nc2ccc(C#Cc3ccc4c(c3)CCc3[nH]c([C@@H]5C[C@H]6C[C@H]6N5C(=O)OC(C)(C)C)nc3-4)cc2[nH]1. The van der Waals surface area contributed by atoms with E-state index in [1.54, 1.807) is 0 Å². The molecule has 0 spiro atoms. The van der Waals surface area contributed by atoms with Crippen LogP contribution in [0.15, 0.2) is 36.4 Å². The van der Waals surface area contributed by atoms with Gasteiger partial charge in [0.05, 0.1) is 28.8 Å². The maximum Gasteiger partial charge on any atom is 0.411 e. The minimum atomic E-state index is -0.540. The summed E-state index contributed by atoms with van der Waals surface area (Å²) in [6, 6.07) is 12.7. The van der Waals surface area contributed by atoms with Gasteiger partial charge >= 0.3 is 12.2 Å². The molecule has 0 radical (unpaired) electrons. The van der Waals surface area contributed by atoms with E-state index < -0.39 is 11.2 Å². The van der Waals surface area contributed by atoms with E-state index in [0.717, 1.165) is 89.3 Å². The van der Waals surface area contributed by atoms with Crippen molar-refractivity contribution in [2.45, 2.75) is 115 Å². The number of benzene rings is 2. The second-order valence-electron chi connectivity index (χ2n) is 16.8. The van der Waals surface area contributed by atoms with Gasteiger partial charge in [-0.05, 0) is 128 Å². The Morgan fingerprint density at radius 2 is 1.32 bits per heavy atom. The van der Waals surface area contributed by atoms with Gasteiger partial charge in [-0.3, -0.25) is 9.80 Å². The number of hydrogen-bond donors (Lipinski definition) is 2. The number of carbonyl (C=O) groups is 2. The lowest BCUT2D eigenvalue weighted by molar-refractivity contribution is 0.0164. The summed E-state index contributed by atoms with van der Waals surface area (Å²) in [4.78, 5) is 47.1. The highest BCUT2D eigenvalue weighted by atomic mass is 16.6. The number of aryl methyl sites for hydroxylation is 2. The van der Waals surface area contributed by atoms with Crippen LogP contribution in [-0.4, -0.2) is 65.2 Å². The predicted molar refractivity (Wildman–Crippen MR) is 188 cm³/mol. The molecule has 9 rings (SSSR count). The van der Waals surface area contributed by atoms with Crippen LogP contribution in [0.1, 0.15) is 113 Å². The summed E-state index contributed by atoms with van der Waals surface area (Å²) in [7, 11) is 0. The first-order valence-corrected chi connectivity index (χ1v) is 18.0. The summed E-state index contributed by atoms with van der Waals surface area (Å²) in [5.74, 6) is 9.45. The van der Waals surface area contributed by atoms with Crippen LogP contribution >= 0.6 is 0 Å². The summed E-state index contributed by atoms with van der Waals surface area (Å²) < 4.78 is 11.5. The third kappa shape index (κ3) is 5.61. The number of fused-ring (bicyclic) bond motifs is 6. The van der Waals surface area contributed by atoms with Crippen LogP contribution in [0.2, 0.25) is 0 Å². The van der Waals surface area contributed by atoms with Crippen molar-refractivity contribution in [3.8, 4) is 23.1 Å². The molecule has 4 heterocycles. The lowest BCUT2D eigenvalue weighted by atomic mass is 9.91. The number of H-pyrrole nitrogens is 2. The van der Waals surface area contributed by atoms with Gasteiger partial charge in [-0.1, -0.05) is 17.9 Å². The fourth-order valence-corrected chi connectivity index (χ4v) is 8.32. The predicted octanol–water partition coefficient (Wildman–Crippen LogP) is 7.59. The molecule has 2 unspecified atom stereocenters. The van der Waals surface area contributed by atoms with Crippen molar-refractivity contribution in [1.82, 2.24) is 29.7 Å². The number of rotatable bonds is 2. The van der Waals surface area contributed by atoms with Gasteiger partial charge in [0, 0.05) is 34.5 Å². The van der Waals surface area contributed by atoms with E-state index in [9.17, 15) is 9.59 Å². The van der Waals surface area contributed by atoms with Crippen LogP contribution in [0, 0.1) is 23.7 Å². The Morgan fingerprint density at radius 1 is 0.740 bits per heavy atom. The van der Waals surface area contributed by atoms with Gasteiger partial charge in [-0.15, -0.1) is 0 Å². The Bertz CT molecular complexity index is 2120. The monoisotopic (exact) mass is 672 g/mol. The van der Waals surface area contributed by atoms with E-state index in [1.807, 2.05) is 69.5 Å². The minimum Gasteiger partial charge on any atom is -0.444 e. The summed E-state index contributed by atoms with van der Waals surface area (Å²) >= 11 is 0. The number of nitrogens with zero attached hydrogens (tertiary/aromatic N) is 4. The average molecular weight is 673 g/mol. The summed E-state index contributed by atoms with van der Waals surface area (Å²) in [5, 5.41) is 0. The molecule has 2 N–H and O–H groups in total. The second-order valence-corrected chi connectivity index (χ2v) is 16.8. The topological polar surface area (TPSA) is 116 Å². The highest BCUT2D eigenvalue weighted by molar-refractivity contribution is 5.78. The van der Waals surface area contributed by atoms with E-state index >= 15 is 0 Å². The van der Waals surface area contributed by atoms with Crippen molar-refractivity contribution in [3.05, 3.63) is 70.4 Å². The van der Waals surface area contributed by atoms with E-state index in [2.05, 4.69) is 40.0 Å². The maximum atomic E-state index is 13.2. The van der Waals surface area contributed by atoms with E-state index in [0.29, 0.717) is 11.8 Å². The van der Waals surface area contributed by atoms with E-state index in [1.165, 1.54) is 5.56 Å². The first kappa shape index (κ1) is 31.2. The normalized spacial score (nSPS) is 26.0. The molecule has 2 saturated heterocycles. The lowest BCUT2D eigenvalue weighted by Crippen LogP contribution is -2.38. The zero-order chi connectivity index (χ0) is 34.7. The zero-order valence-corrected chi connectivity index (χ0v) is 29.6. The number of amides is 2. The molecule has 4 fully saturated rings. The van der Waals surface area contributed by atoms with Crippen LogP contribution < -0.4 is 0 Å². The molecule has 0 bridgehead atoms. The molecule has 3 aliphatic carbocycles. The maximum absolute atomic E-state index is 13.2. The standard InChI is InChI=1S/C40H44N6O4/c1-39(2,3)49-37(47)45-30-17-24(30)19-32(45)35-41-27-13-10-22(16-29(27)43-35)8-7-21-9-12-26-23(15-21)11-14-28-34(26)44-36(42-28)33-20-25-18-31(25)46(33)38(48)50-40(4,5)6/h9-10,12-13,15-16,24-25,30-33H,11,14,17-20H2,1-6H3,(H,41,43)(H,42,44)/t24?,25-,30?,31-,32+,33+/m1/s1. The molecule has 258 valence electrons. The van der Waals surface area contributed by atoms with Crippen molar-refractivity contribution in [2.75, 3.05) is 0 Å². The molecule has 10 nitrogen and oxygen atoms in total. The number of aromatic amines is 2. The first-order chi connectivity index (χ1) is 23.8. The van der Waals surface area contributed by atoms with Crippen molar-refractivity contribution >= 4 is 23.2 Å². The third-order valence-corrected chi connectivity index (χ3v) is 10.7. The summed E-state index contributed by atoms with van der Waals surface area (Å²) in [6.45, 7) is 11.5. The largest absolute Gasteiger partial charge is 0.444 e. The molecule has 2 aromatic heterocycles. The number of nitrogens with one attached hydrogen (secondary N) is 2. The Hall–Kier alpha value is -4.78. The first-order valence-electron chi connectivity index (χ1n) is 18.0. The minimum absolute atomic E-state index is 0.0798. The van der Waals surface area contributed by atoms with Gasteiger partial charge in [0.25, 0.3) is 0 Å². The molecule has 2 amide bonds. The van der Waals surface area contributed by atoms with Gasteiger partial charge in [-0.25, -0.2) is 19.6 Å². The third-order valence-electron chi connectivity index (χ3n) is 10.7. The fraction of sp³-hybridized carbons (Fsp3) is 0.500. The molecule has 6 atom stereocenters. The molecule has 2 saturated carbocycles. The molecule has 5 aliphatic rings. The van der Waals surface area contributed by atoms with Gasteiger partial charge in [0.1, 0.15) is 22.9 Å². The van der Waals surface area contributed by atoms with Gasteiger partial charge < -0.3 is 19.4 Å². The molecule has 4 aromatic rings. The molecule has 50 heavy (non-hydrogen) atoms. The van der Waals surface area contributed by atoms with Crippen LogP contribution in [0.25, 0.3) is 22.3 Å². The fourth-order valence-electron chi connectivity index (χ4n) is 8.32. The van der Waals surface area contributed by atoms with E-state index in [4.69, 9.17) is 19.4 Å². The molecule has 2 aliphatic heterocycles. The van der Waals surface area contributed by atoms with Crippen LogP contribution in [-0.2, 0) is 22.3 Å². The van der Waals surface area contributed by atoms with Gasteiger partial charge in [0.2, 0.25) is 0 Å². The van der Waals surface area contributed by atoms with Crippen molar-refractivity contribution in [3.63, 3.8) is 0 Å². The number of aromatic nitrogens is 4. The Morgan fingerprint density at radius 3 is 1.94 bits per heavy atom. The van der Waals surface area contributed by atoms with Crippen molar-refractivity contribution < 1.29 is 19.1 Å². The van der Waals surface area contributed by atoms with Crippen LogP contribution in [0.3, 0.4) is 0 Å². The molecular formula is C40H44N6O4. The van der Waals surface area contributed by atoms with E-state index in [-0.39, 0.29) is 36.4 Å². The number of hydrogen-bond acceptors (Lipinski definition) is 6. The van der Waals surface area contributed by atoms with Gasteiger partial charge in [0.15, 0.2) is 0 Å². The Kier molecular flexibility index (Phi) is 6.78. The summed E-state index contributed by atoms with van der Waals surface area (Å²) in [5.41, 5.74) is 7.03. The second kappa shape index (κ2) is 10.9. The lowest BCUT2D eigenvalue weighted by Gasteiger charge is -2.29. The Labute approximate surface area is 292 Å². The summed E-state index contributed by atoms with van der Waals surface area (Å²) in [6.07, 6.45) is 5.18. The highest BCUT2D eigenvalue weighted by Crippen LogP contribution is 2.55. The average Bonchev–Trinajstić information content (AvgIpc) is 3.69. The van der Waals surface area contributed by atoms with Gasteiger partial charge in [-0.2, -0.15) is 0 Å². The highest BCUT2D eigenvalue weighted by Gasteiger charge is 2.57. The van der Waals surface area contributed by atoms with Crippen molar-refractivity contribution in [2.24, 2.45) is 11.8 Å². The number of ether oxygens (including phenoxy) is 2. The zero-order valence-electron chi connectivity index (χ0n) is 29.6. The molecule has 10 heteroatoms. The number of piperidine rings is 2. The van der Waals surface area contributed by atoms with Crippen molar-refractivity contribution in [1.29, 1.82) is 0 Å². The quantitative estimate of drug-likeness (QED) is 0.212.